The van der Waals surface area contributed by atoms with Crippen LogP contribution in [0.15, 0.2) is 0 Å². The summed E-state index contributed by atoms with van der Waals surface area (Å²) in [5.41, 5.74) is 0. The molecule has 2 radical (unpaired) electrons. The zero-order valence-corrected chi connectivity index (χ0v) is 8.77. The molecule has 12 heavy (non-hydrogen) atoms. The first-order valence-corrected chi connectivity index (χ1v) is 5.29. The minimum absolute atomic E-state index is 0.0403. The largest absolute Gasteiger partial charge is 0.0742 e. The second kappa shape index (κ2) is 3.85. The molecule has 0 bridgehead atoms. The summed E-state index contributed by atoms with van der Waals surface area (Å²) < 4.78 is 0. The maximum absolute atomic E-state index is 6.14. The SMILES string of the molecule is [B]C(C)(C)C1CCCCC(C)C1. The smallest absolute Gasteiger partial charge is 0.0688 e. The quantitative estimate of drug-likeness (QED) is 0.410. The topological polar surface area (TPSA) is 0 Å². The van der Waals surface area contributed by atoms with Crippen molar-refractivity contribution in [3.05, 3.63) is 0 Å². The summed E-state index contributed by atoms with van der Waals surface area (Å²) >= 11 is 0. The molecule has 0 aromatic carbocycles. The van der Waals surface area contributed by atoms with Crippen molar-refractivity contribution < 1.29 is 0 Å². The Labute approximate surface area is 78.5 Å². The molecular weight excluding hydrogens is 143 g/mol. The number of hydrogen-bond acceptors (Lipinski definition) is 0. The fourth-order valence-corrected chi connectivity index (χ4v) is 2.28. The van der Waals surface area contributed by atoms with Gasteiger partial charge in [0, 0.05) is 0 Å². The number of rotatable bonds is 1. The molecule has 0 nitrogen and oxygen atoms in total. The third-order valence-electron chi connectivity index (χ3n) is 3.24. The molecule has 2 unspecified atom stereocenters. The zero-order chi connectivity index (χ0) is 9.19. The van der Waals surface area contributed by atoms with Crippen molar-refractivity contribution in [3.8, 4) is 0 Å². The second-order valence-electron chi connectivity index (χ2n) is 5.14. The fraction of sp³-hybridized carbons (Fsp3) is 1.00. The van der Waals surface area contributed by atoms with Crippen LogP contribution in [0.25, 0.3) is 0 Å². The first-order valence-electron chi connectivity index (χ1n) is 5.29. The summed E-state index contributed by atoms with van der Waals surface area (Å²) in [5.74, 6) is 1.63. The van der Waals surface area contributed by atoms with Crippen LogP contribution in [-0.4, -0.2) is 7.85 Å². The molecule has 68 valence electrons. The normalized spacial score (nSPS) is 32.9. The zero-order valence-electron chi connectivity index (χ0n) is 8.77. The third-order valence-corrected chi connectivity index (χ3v) is 3.24. The van der Waals surface area contributed by atoms with Crippen molar-refractivity contribution in [2.75, 3.05) is 0 Å². The van der Waals surface area contributed by atoms with E-state index in [4.69, 9.17) is 7.85 Å². The fourth-order valence-electron chi connectivity index (χ4n) is 2.28. The molecule has 0 N–H and O–H groups in total. The first-order chi connectivity index (χ1) is 5.50. The van der Waals surface area contributed by atoms with Crippen LogP contribution in [0.1, 0.15) is 52.9 Å². The molecule has 0 heterocycles. The Balaban J connectivity index is 2.52. The van der Waals surface area contributed by atoms with Crippen molar-refractivity contribution in [3.63, 3.8) is 0 Å². The summed E-state index contributed by atoms with van der Waals surface area (Å²) in [5, 5.41) is 0.0403. The monoisotopic (exact) mass is 164 g/mol. The van der Waals surface area contributed by atoms with Gasteiger partial charge in [0.15, 0.2) is 0 Å². The van der Waals surface area contributed by atoms with Crippen LogP contribution in [0, 0.1) is 11.8 Å². The minimum atomic E-state index is 0.0403. The summed E-state index contributed by atoms with van der Waals surface area (Å²) in [7, 11) is 6.14. The molecule has 1 aliphatic carbocycles. The highest BCUT2D eigenvalue weighted by atomic mass is 14.3. The first kappa shape index (κ1) is 10.1. The third kappa shape index (κ3) is 2.84. The lowest BCUT2D eigenvalue weighted by molar-refractivity contribution is 0.323. The maximum Gasteiger partial charge on any atom is 0.0742 e. The highest BCUT2D eigenvalue weighted by Crippen LogP contribution is 2.41. The van der Waals surface area contributed by atoms with Gasteiger partial charge in [-0.2, -0.15) is 0 Å². The Hall–Kier alpha value is 0.0649. The summed E-state index contributed by atoms with van der Waals surface area (Å²) in [6.07, 6.45) is 6.88. The molecule has 0 amide bonds. The van der Waals surface area contributed by atoms with E-state index < -0.39 is 0 Å². The Morgan fingerprint density at radius 1 is 1.17 bits per heavy atom. The molecule has 2 atom stereocenters. The summed E-state index contributed by atoms with van der Waals surface area (Å²) in [6.45, 7) is 6.72. The maximum atomic E-state index is 6.14. The van der Waals surface area contributed by atoms with Crippen LogP contribution in [0.2, 0.25) is 5.31 Å². The van der Waals surface area contributed by atoms with Gasteiger partial charge in [0.05, 0.1) is 7.85 Å². The van der Waals surface area contributed by atoms with Crippen LogP contribution in [0.3, 0.4) is 0 Å². The van der Waals surface area contributed by atoms with Crippen molar-refractivity contribution in [2.24, 2.45) is 11.8 Å². The van der Waals surface area contributed by atoms with Gasteiger partial charge < -0.3 is 0 Å². The number of hydrogen-bond donors (Lipinski definition) is 0. The minimum Gasteiger partial charge on any atom is -0.0688 e. The molecule has 0 aliphatic heterocycles. The van der Waals surface area contributed by atoms with Gasteiger partial charge in [-0.1, -0.05) is 51.8 Å². The molecule has 1 fully saturated rings. The lowest BCUT2D eigenvalue weighted by Gasteiger charge is -2.31. The molecule has 0 saturated heterocycles. The van der Waals surface area contributed by atoms with E-state index in [1.165, 1.54) is 32.1 Å². The van der Waals surface area contributed by atoms with Crippen LogP contribution < -0.4 is 0 Å². The van der Waals surface area contributed by atoms with Crippen LogP contribution in [-0.2, 0) is 0 Å². The van der Waals surface area contributed by atoms with E-state index in [0.717, 1.165) is 11.8 Å². The standard InChI is InChI=1S/C11H21B/c1-9-6-4-5-7-10(8-9)11(2,3)12/h9-10H,4-8H2,1-3H3. The van der Waals surface area contributed by atoms with E-state index in [1.807, 2.05) is 0 Å². The van der Waals surface area contributed by atoms with E-state index in [1.54, 1.807) is 0 Å². The van der Waals surface area contributed by atoms with Gasteiger partial charge in [-0.25, -0.2) is 0 Å². The molecular formula is C11H21B. The Bertz CT molecular complexity index is 134. The Kier molecular flexibility index (Phi) is 3.26. The van der Waals surface area contributed by atoms with Gasteiger partial charge in [0.2, 0.25) is 0 Å². The highest BCUT2D eigenvalue weighted by molar-refractivity contribution is 6.14. The predicted molar refractivity (Wildman–Crippen MR) is 55.5 cm³/mol. The Morgan fingerprint density at radius 3 is 2.33 bits per heavy atom. The van der Waals surface area contributed by atoms with E-state index in [-0.39, 0.29) is 5.31 Å². The lowest BCUT2D eigenvalue weighted by Crippen LogP contribution is -2.18. The lowest BCUT2D eigenvalue weighted by atomic mass is 9.61. The summed E-state index contributed by atoms with van der Waals surface area (Å²) in [6, 6.07) is 0. The molecule has 0 aromatic heterocycles. The van der Waals surface area contributed by atoms with Gasteiger partial charge in [-0.05, 0) is 18.3 Å². The molecule has 0 aromatic rings. The predicted octanol–water partition coefficient (Wildman–Crippen LogP) is 3.57. The summed E-state index contributed by atoms with van der Waals surface area (Å²) in [4.78, 5) is 0. The van der Waals surface area contributed by atoms with Crippen molar-refractivity contribution >= 4 is 7.85 Å². The molecule has 1 saturated carbocycles. The molecule has 1 aliphatic rings. The van der Waals surface area contributed by atoms with Crippen LogP contribution in [0.5, 0.6) is 0 Å². The van der Waals surface area contributed by atoms with Gasteiger partial charge >= 0.3 is 0 Å². The average Bonchev–Trinajstić information content (AvgIpc) is 2.11. The van der Waals surface area contributed by atoms with Gasteiger partial charge in [0.1, 0.15) is 0 Å². The van der Waals surface area contributed by atoms with Crippen molar-refractivity contribution in [1.29, 1.82) is 0 Å². The second-order valence-corrected chi connectivity index (χ2v) is 5.14. The van der Waals surface area contributed by atoms with Gasteiger partial charge in [-0.3, -0.25) is 0 Å². The molecule has 1 rings (SSSR count). The van der Waals surface area contributed by atoms with Gasteiger partial charge in [0.25, 0.3) is 0 Å². The van der Waals surface area contributed by atoms with Crippen molar-refractivity contribution in [2.45, 2.75) is 58.2 Å². The average molecular weight is 164 g/mol. The van der Waals surface area contributed by atoms with E-state index in [2.05, 4.69) is 20.8 Å². The van der Waals surface area contributed by atoms with Crippen LogP contribution >= 0.6 is 0 Å². The van der Waals surface area contributed by atoms with E-state index >= 15 is 0 Å². The Morgan fingerprint density at radius 2 is 1.75 bits per heavy atom. The molecule has 0 spiro atoms. The van der Waals surface area contributed by atoms with E-state index in [0.29, 0.717) is 0 Å². The molecule has 1 heteroatoms. The van der Waals surface area contributed by atoms with E-state index in [9.17, 15) is 0 Å². The van der Waals surface area contributed by atoms with Gasteiger partial charge in [-0.15, -0.1) is 0 Å². The van der Waals surface area contributed by atoms with Crippen LogP contribution in [0.4, 0.5) is 0 Å². The highest BCUT2D eigenvalue weighted by Gasteiger charge is 2.26. The van der Waals surface area contributed by atoms with Crippen molar-refractivity contribution in [1.82, 2.24) is 0 Å².